The van der Waals surface area contributed by atoms with Crippen LogP contribution in [0.3, 0.4) is 0 Å². The first-order valence-corrected chi connectivity index (χ1v) is 11.9. The van der Waals surface area contributed by atoms with Gasteiger partial charge in [0.2, 0.25) is 11.7 Å². The second kappa shape index (κ2) is 9.44. The van der Waals surface area contributed by atoms with Crippen LogP contribution in [0.4, 0.5) is 10.1 Å². The van der Waals surface area contributed by atoms with Gasteiger partial charge in [0.25, 0.3) is 5.91 Å². The highest BCUT2D eigenvalue weighted by Crippen LogP contribution is 2.41. The van der Waals surface area contributed by atoms with E-state index in [-0.39, 0.29) is 29.5 Å². The maximum atomic E-state index is 13.4. The Morgan fingerprint density at radius 3 is 2.40 bits per heavy atom. The SMILES string of the molecule is Cc1nc(-c2ccc(N3C(=O)C(O)=C(C(=O)Cc4ccc(F)cc4)C3C3CCCCC3)cc2)no1. The lowest BCUT2D eigenvalue weighted by atomic mass is 9.79. The van der Waals surface area contributed by atoms with Gasteiger partial charge in [0.1, 0.15) is 5.82 Å². The number of aliphatic hydroxyl groups is 1. The number of carbonyl (C=O) groups is 2. The number of halogens is 1. The standard InChI is InChI=1S/C27H26FN3O4/c1-16-29-26(30-35-16)19-9-13-21(14-10-19)31-24(18-5-3-2-4-6-18)23(25(33)27(31)34)22(32)15-17-7-11-20(28)12-8-17/h7-14,18,24,33H,2-6,15H2,1H3. The average Bonchev–Trinajstić information content (AvgIpc) is 3.42. The smallest absolute Gasteiger partial charge is 0.294 e. The Bertz CT molecular complexity index is 1270. The molecule has 0 spiro atoms. The fourth-order valence-electron chi connectivity index (χ4n) is 5.17. The third-order valence-electron chi connectivity index (χ3n) is 6.86. The summed E-state index contributed by atoms with van der Waals surface area (Å²) in [6.45, 7) is 1.71. The highest BCUT2D eigenvalue weighted by Gasteiger charge is 2.46. The minimum absolute atomic E-state index is 0.0138. The second-order valence-corrected chi connectivity index (χ2v) is 9.19. The summed E-state index contributed by atoms with van der Waals surface area (Å²) in [5.74, 6) is -0.818. The molecule has 1 N–H and O–H groups in total. The van der Waals surface area contributed by atoms with E-state index < -0.39 is 17.7 Å². The van der Waals surface area contributed by atoms with Gasteiger partial charge >= 0.3 is 0 Å². The van der Waals surface area contributed by atoms with Crippen LogP contribution in [0.5, 0.6) is 0 Å². The zero-order valence-corrected chi connectivity index (χ0v) is 19.4. The second-order valence-electron chi connectivity index (χ2n) is 9.19. The van der Waals surface area contributed by atoms with Crippen LogP contribution in [0.2, 0.25) is 0 Å². The van der Waals surface area contributed by atoms with Crippen molar-refractivity contribution in [3.63, 3.8) is 0 Å². The van der Waals surface area contributed by atoms with Crippen molar-refractivity contribution in [1.82, 2.24) is 10.1 Å². The largest absolute Gasteiger partial charge is 0.503 e. The van der Waals surface area contributed by atoms with E-state index in [1.54, 1.807) is 48.2 Å². The molecule has 35 heavy (non-hydrogen) atoms. The molecule has 1 fully saturated rings. The van der Waals surface area contributed by atoms with Crippen LogP contribution in [-0.4, -0.2) is 33.0 Å². The zero-order valence-electron chi connectivity index (χ0n) is 19.4. The van der Waals surface area contributed by atoms with Crippen LogP contribution in [0, 0.1) is 18.7 Å². The van der Waals surface area contributed by atoms with Gasteiger partial charge in [-0.3, -0.25) is 14.5 Å². The Labute approximate surface area is 202 Å². The quantitative estimate of drug-likeness (QED) is 0.533. The summed E-state index contributed by atoms with van der Waals surface area (Å²) in [6, 6.07) is 12.3. The Balaban J connectivity index is 1.48. The Morgan fingerprint density at radius 2 is 1.77 bits per heavy atom. The highest BCUT2D eigenvalue weighted by molar-refractivity contribution is 6.16. The number of hydrogen-bond donors (Lipinski definition) is 1. The van der Waals surface area contributed by atoms with Crippen LogP contribution in [0.25, 0.3) is 11.4 Å². The van der Waals surface area contributed by atoms with Gasteiger partial charge in [-0.15, -0.1) is 0 Å². The summed E-state index contributed by atoms with van der Waals surface area (Å²) in [6.07, 6.45) is 4.87. The number of rotatable bonds is 6. The van der Waals surface area contributed by atoms with Crippen LogP contribution >= 0.6 is 0 Å². The van der Waals surface area contributed by atoms with Crippen molar-refractivity contribution in [2.45, 2.75) is 51.5 Å². The van der Waals surface area contributed by atoms with Gasteiger partial charge in [0.15, 0.2) is 11.5 Å². The number of hydrogen-bond acceptors (Lipinski definition) is 6. The summed E-state index contributed by atoms with van der Waals surface area (Å²) in [7, 11) is 0. The number of nitrogens with zero attached hydrogens (tertiary/aromatic N) is 3. The van der Waals surface area contributed by atoms with Crippen LogP contribution < -0.4 is 4.90 Å². The van der Waals surface area contributed by atoms with Crippen molar-refractivity contribution in [1.29, 1.82) is 0 Å². The first kappa shape index (κ1) is 23.0. The van der Waals surface area contributed by atoms with Crippen molar-refractivity contribution >= 4 is 17.4 Å². The van der Waals surface area contributed by atoms with E-state index in [9.17, 15) is 19.1 Å². The molecule has 2 aromatic carbocycles. The molecule has 180 valence electrons. The topological polar surface area (TPSA) is 96.5 Å². The monoisotopic (exact) mass is 475 g/mol. The molecule has 1 aromatic heterocycles. The van der Waals surface area contributed by atoms with Crippen molar-refractivity contribution < 1.29 is 23.6 Å². The summed E-state index contributed by atoms with van der Waals surface area (Å²) < 4.78 is 18.4. The van der Waals surface area contributed by atoms with E-state index in [0.29, 0.717) is 23.0 Å². The third-order valence-corrected chi connectivity index (χ3v) is 6.86. The summed E-state index contributed by atoms with van der Waals surface area (Å²) >= 11 is 0. The number of carbonyl (C=O) groups excluding carboxylic acids is 2. The fourth-order valence-corrected chi connectivity index (χ4v) is 5.17. The zero-order chi connectivity index (χ0) is 24.5. The number of aliphatic hydroxyl groups excluding tert-OH is 1. The van der Waals surface area contributed by atoms with Crippen molar-refractivity contribution in [2.75, 3.05) is 4.90 Å². The molecular formula is C27H26FN3O4. The summed E-state index contributed by atoms with van der Waals surface area (Å²) in [5, 5.41) is 14.8. The highest BCUT2D eigenvalue weighted by atomic mass is 19.1. The van der Waals surface area contributed by atoms with E-state index in [0.717, 1.165) is 37.7 Å². The molecule has 1 unspecified atom stereocenters. The molecule has 0 bridgehead atoms. The molecule has 5 rings (SSSR count). The molecule has 7 nitrogen and oxygen atoms in total. The van der Waals surface area contributed by atoms with Gasteiger partial charge < -0.3 is 9.63 Å². The number of ketones is 1. The minimum atomic E-state index is -0.578. The molecule has 1 aliphatic carbocycles. The number of aromatic nitrogens is 2. The van der Waals surface area contributed by atoms with E-state index in [1.807, 2.05) is 0 Å². The third kappa shape index (κ3) is 4.48. The molecule has 1 saturated carbocycles. The molecule has 1 atom stereocenters. The number of Topliss-reactive ketones (excluding diaryl/α,β-unsaturated/α-hetero) is 1. The summed E-state index contributed by atoms with van der Waals surface area (Å²) in [4.78, 5) is 32.5. The predicted octanol–water partition coefficient (Wildman–Crippen LogP) is 5.10. The van der Waals surface area contributed by atoms with E-state index in [1.165, 1.54) is 12.1 Å². The number of benzene rings is 2. The van der Waals surface area contributed by atoms with Gasteiger partial charge in [0.05, 0.1) is 11.6 Å². The van der Waals surface area contributed by atoms with Crippen molar-refractivity contribution in [3.05, 3.63) is 77.1 Å². The lowest BCUT2D eigenvalue weighted by Gasteiger charge is -2.35. The Kier molecular flexibility index (Phi) is 6.19. The summed E-state index contributed by atoms with van der Waals surface area (Å²) in [5.41, 5.74) is 2.11. The lowest BCUT2D eigenvalue weighted by molar-refractivity contribution is -0.117. The molecule has 2 aliphatic rings. The average molecular weight is 476 g/mol. The van der Waals surface area contributed by atoms with Crippen molar-refractivity contribution in [3.8, 4) is 11.4 Å². The number of amides is 1. The van der Waals surface area contributed by atoms with Gasteiger partial charge in [-0.25, -0.2) is 4.39 Å². The molecule has 0 radical (unpaired) electrons. The van der Waals surface area contributed by atoms with Crippen LogP contribution in [0.15, 0.2) is 64.4 Å². The number of anilines is 1. The van der Waals surface area contributed by atoms with Gasteiger partial charge in [-0.2, -0.15) is 4.98 Å². The van der Waals surface area contributed by atoms with Crippen LogP contribution in [-0.2, 0) is 16.0 Å². The first-order valence-electron chi connectivity index (χ1n) is 11.9. The molecule has 8 heteroatoms. The maximum Gasteiger partial charge on any atom is 0.294 e. The Morgan fingerprint density at radius 1 is 1.09 bits per heavy atom. The Hall–Kier alpha value is -3.81. The van der Waals surface area contributed by atoms with Crippen molar-refractivity contribution in [2.24, 2.45) is 5.92 Å². The molecule has 3 aromatic rings. The van der Waals surface area contributed by atoms with Gasteiger partial charge in [-0.1, -0.05) is 36.6 Å². The molecule has 0 saturated heterocycles. The normalized spacial score (nSPS) is 19.0. The molecular weight excluding hydrogens is 449 g/mol. The maximum absolute atomic E-state index is 13.4. The van der Waals surface area contributed by atoms with E-state index >= 15 is 0 Å². The van der Waals surface area contributed by atoms with E-state index in [4.69, 9.17) is 4.52 Å². The first-order chi connectivity index (χ1) is 16.9. The molecule has 1 aliphatic heterocycles. The molecule has 1 amide bonds. The van der Waals surface area contributed by atoms with Crippen LogP contribution in [0.1, 0.15) is 43.6 Å². The lowest BCUT2D eigenvalue weighted by Crippen LogP contribution is -2.43. The molecule has 2 heterocycles. The minimum Gasteiger partial charge on any atom is -0.503 e. The predicted molar refractivity (Wildman–Crippen MR) is 127 cm³/mol. The van der Waals surface area contributed by atoms with E-state index in [2.05, 4.69) is 10.1 Å². The van der Waals surface area contributed by atoms with Gasteiger partial charge in [0, 0.05) is 24.6 Å². The van der Waals surface area contributed by atoms with Gasteiger partial charge in [-0.05, 0) is 60.7 Å². The fraction of sp³-hybridized carbons (Fsp3) is 0.333. The number of aryl methyl sites for hydroxylation is 1.